The van der Waals surface area contributed by atoms with E-state index in [1.54, 1.807) is 13.0 Å². The Hall–Kier alpha value is -3.29. The minimum absolute atomic E-state index is 0.0148. The van der Waals surface area contributed by atoms with Crippen LogP contribution in [0.25, 0.3) is 10.8 Å². The average molecular weight is 375 g/mol. The molecule has 0 unspecified atom stereocenters. The first-order valence-electron chi connectivity index (χ1n) is 8.08. The van der Waals surface area contributed by atoms with Gasteiger partial charge in [-0.1, -0.05) is 12.1 Å². The van der Waals surface area contributed by atoms with Crippen LogP contribution in [0.4, 0.5) is 23.7 Å². The zero-order chi connectivity index (χ0) is 19.7. The molecule has 2 aromatic carbocycles. The van der Waals surface area contributed by atoms with Gasteiger partial charge in [0, 0.05) is 13.2 Å². The summed E-state index contributed by atoms with van der Waals surface area (Å²) in [6.07, 6.45) is 1.35. The summed E-state index contributed by atoms with van der Waals surface area (Å²) >= 11 is 0. The quantitative estimate of drug-likeness (QED) is 0.722. The molecule has 2 N–H and O–H groups in total. The van der Waals surface area contributed by atoms with Crippen LogP contribution in [0.1, 0.15) is 18.5 Å². The molecule has 1 heterocycles. The summed E-state index contributed by atoms with van der Waals surface area (Å²) in [7, 11) is 1.47. The van der Waals surface area contributed by atoms with Crippen molar-refractivity contribution in [2.24, 2.45) is 0 Å². The Labute approximate surface area is 152 Å². The van der Waals surface area contributed by atoms with Crippen molar-refractivity contribution in [3.8, 4) is 0 Å². The molecule has 0 fully saturated rings. The lowest BCUT2D eigenvalue weighted by molar-refractivity contribution is 0.208. The zero-order valence-electron chi connectivity index (χ0n) is 14.5. The van der Waals surface area contributed by atoms with Crippen LogP contribution in [0.5, 0.6) is 0 Å². The van der Waals surface area contributed by atoms with Crippen LogP contribution >= 0.6 is 0 Å². The van der Waals surface area contributed by atoms with Gasteiger partial charge in [-0.25, -0.2) is 18.0 Å². The van der Waals surface area contributed by atoms with E-state index in [0.29, 0.717) is 5.56 Å². The van der Waals surface area contributed by atoms with Crippen molar-refractivity contribution in [3.63, 3.8) is 0 Å². The predicted octanol–water partition coefficient (Wildman–Crippen LogP) is 4.17. The van der Waals surface area contributed by atoms with Gasteiger partial charge in [-0.2, -0.15) is 0 Å². The summed E-state index contributed by atoms with van der Waals surface area (Å²) in [4.78, 5) is 28.1. The van der Waals surface area contributed by atoms with Crippen LogP contribution in [0.3, 0.4) is 0 Å². The molecule has 3 rings (SSSR count). The first kappa shape index (κ1) is 18.5. The standard InChI is InChI=1S/C19H16F3N3O2/c1-10(25(2)19(27)24-17-6-4-3-5-14(17)20)13-9-23-18(26)12-8-16(22)15(21)7-11(12)13/h3-10H,1-2H3,(H,23,26)(H,24,27)/t10-/m0/s1. The summed E-state index contributed by atoms with van der Waals surface area (Å²) in [5.74, 6) is -2.82. The van der Waals surface area contributed by atoms with E-state index in [0.717, 1.165) is 12.1 Å². The van der Waals surface area contributed by atoms with Crippen molar-refractivity contribution < 1.29 is 18.0 Å². The molecule has 0 aliphatic heterocycles. The predicted molar refractivity (Wildman–Crippen MR) is 96.1 cm³/mol. The Kier molecular flexibility index (Phi) is 4.89. The van der Waals surface area contributed by atoms with Gasteiger partial charge in [0.05, 0.1) is 17.1 Å². The first-order chi connectivity index (χ1) is 12.8. The van der Waals surface area contributed by atoms with Crippen molar-refractivity contribution in [1.29, 1.82) is 0 Å². The second kappa shape index (κ2) is 7.14. The number of fused-ring (bicyclic) bond motifs is 1. The fourth-order valence-electron chi connectivity index (χ4n) is 2.77. The van der Waals surface area contributed by atoms with Crippen molar-refractivity contribution >= 4 is 22.5 Å². The van der Waals surface area contributed by atoms with Crippen LogP contribution in [0, 0.1) is 17.5 Å². The van der Waals surface area contributed by atoms with E-state index in [1.165, 1.54) is 36.3 Å². The van der Waals surface area contributed by atoms with Gasteiger partial charge in [0.2, 0.25) is 0 Å². The highest BCUT2D eigenvalue weighted by atomic mass is 19.2. The van der Waals surface area contributed by atoms with E-state index < -0.39 is 35.1 Å². The van der Waals surface area contributed by atoms with E-state index in [2.05, 4.69) is 10.3 Å². The number of aromatic amines is 1. The number of halogens is 3. The Balaban J connectivity index is 1.95. The molecule has 0 spiro atoms. The molecule has 27 heavy (non-hydrogen) atoms. The largest absolute Gasteiger partial charge is 0.328 e. The number of nitrogens with zero attached hydrogens (tertiary/aromatic N) is 1. The first-order valence-corrected chi connectivity index (χ1v) is 8.08. The van der Waals surface area contributed by atoms with Gasteiger partial charge < -0.3 is 15.2 Å². The van der Waals surface area contributed by atoms with Crippen LogP contribution in [0.15, 0.2) is 47.4 Å². The molecule has 5 nitrogen and oxygen atoms in total. The Bertz CT molecular complexity index is 1080. The normalized spacial score (nSPS) is 12.0. The van der Waals surface area contributed by atoms with Crippen LogP contribution < -0.4 is 10.9 Å². The molecule has 3 aromatic rings. The lowest BCUT2D eigenvalue weighted by atomic mass is 10.0. The molecule has 2 amide bonds. The van der Waals surface area contributed by atoms with Crippen LogP contribution in [-0.4, -0.2) is 23.0 Å². The smallest absolute Gasteiger partial charge is 0.322 e. The van der Waals surface area contributed by atoms with Crippen molar-refractivity contribution in [1.82, 2.24) is 9.88 Å². The fraction of sp³-hybridized carbons (Fsp3) is 0.158. The van der Waals surface area contributed by atoms with Gasteiger partial charge in [-0.3, -0.25) is 4.79 Å². The van der Waals surface area contributed by atoms with E-state index in [4.69, 9.17) is 0 Å². The number of carbonyl (C=O) groups excluding carboxylic acids is 1. The third kappa shape index (κ3) is 3.51. The maximum Gasteiger partial charge on any atom is 0.322 e. The third-order valence-corrected chi connectivity index (χ3v) is 4.44. The van der Waals surface area contributed by atoms with E-state index in [1.807, 2.05) is 0 Å². The Morgan fingerprint density at radius 1 is 1.07 bits per heavy atom. The SMILES string of the molecule is C[C@@H](c1c[nH]c(=O)c2cc(F)c(F)cc12)N(C)C(=O)Nc1ccccc1F. The van der Waals surface area contributed by atoms with Gasteiger partial charge >= 0.3 is 6.03 Å². The van der Waals surface area contributed by atoms with Crippen LogP contribution in [0.2, 0.25) is 0 Å². The third-order valence-electron chi connectivity index (χ3n) is 4.44. The van der Waals surface area contributed by atoms with E-state index >= 15 is 0 Å². The Morgan fingerprint density at radius 3 is 2.37 bits per heavy atom. The summed E-state index contributed by atoms with van der Waals surface area (Å²) in [5, 5.41) is 2.61. The van der Waals surface area contributed by atoms with Gasteiger partial charge in [0.25, 0.3) is 5.56 Å². The number of H-pyrrole nitrogens is 1. The fourth-order valence-corrected chi connectivity index (χ4v) is 2.77. The minimum atomic E-state index is -1.14. The molecule has 1 atom stereocenters. The number of carbonyl (C=O) groups is 1. The van der Waals surface area contributed by atoms with Crippen LogP contribution in [-0.2, 0) is 0 Å². The molecule has 0 saturated carbocycles. The molecular formula is C19H16F3N3O2. The van der Waals surface area contributed by atoms with E-state index in [9.17, 15) is 22.8 Å². The highest BCUT2D eigenvalue weighted by Gasteiger charge is 2.22. The molecule has 0 saturated heterocycles. The molecule has 0 bridgehead atoms. The monoisotopic (exact) mass is 375 g/mol. The molecular weight excluding hydrogens is 359 g/mol. The second-order valence-corrected chi connectivity index (χ2v) is 6.08. The number of pyridine rings is 1. The van der Waals surface area contributed by atoms with Crippen molar-refractivity contribution in [3.05, 3.63) is 76.0 Å². The maximum absolute atomic E-state index is 13.7. The van der Waals surface area contributed by atoms with Gasteiger partial charge in [0.1, 0.15) is 5.82 Å². The number of nitrogens with one attached hydrogen (secondary N) is 2. The molecule has 8 heteroatoms. The van der Waals surface area contributed by atoms with Gasteiger partial charge in [-0.05, 0) is 42.1 Å². The number of aromatic nitrogens is 1. The summed E-state index contributed by atoms with van der Waals surface area (Å²) in [6, 6.07) is 6.22. The average Bonchev–Trinajstić information content (AvgIpc) is 2.64. The maximum atomic E-state index is 13.7. The van der Waals surface area contributed by atoms with Gasteiger partial charge in [0.15, 0.2) is 11.6 Å². The lowest BCUT2D eigenvalue weighted by Crippen LogP contribution is -2.34. The highest BCUT2D eigenvalue weighted by molar-refractivity contribution is 5.90. The topological polar surface area (TPSA) is 65.2 Å². The van der Waals surface area contributed by atoms with Crippen molar-refractivity contribution in [2.45, 2.75) is 13.0 Å². The van der Waals surface area contributed by atoms with Gasteiger partial charge in [-0.15, -0.1) is 0 Å². The minimum Gasteiger partial charge on any atom is -0.328 e. The molecule has 140 valence electrons. The summed E-state index contributed by atoms with van der Waals surface area (Å²) in [5.41, 5.74) is -0.144. The van der Waals surface area contributed by atoms with Crippen molar-refractivity contribution in [2.75, 3.05) is 12.4 Å². The Morgan fingerprint density at radius 2 is 1.70 bits per heavy atom. The molecule has 0 aliphatic carbocycles. The zero-order valence-corrected chi connectivity index (χ0v) is 14.5. The highest BCUT2D eigenvalue weighted by Crippen LogP contribution is 2.27. The van der Waals surface area contributed by atoms with E-state index in [-0.39, 0.29) is 16.5 Å². The number of amides is 2. The number of benzene rings is 2. The lowest BCUT2D eigenvalue weighted by Gasteiger charge is -2.26. The second-order valence-electron chi connectivity index (χ2n) is 6.08. The summed E-state index contributed by atoms with van der Waals surface area (Å²) in [6.45, 7) is 1.65. The number of anilines is 1. The molecule has 0 radical (unpaired) electrons. The number of urea groups is 1. The molecule has 1 aromatic heterocycles. The summed E-state index contributed by atoms with van der Waals surface area (Å²) < 4.78 is 40.9. The number of hydrogen-bond acceptors (Lipinski definition) is 2. The number of para-hydroxylation sites is 1. The number of hydrogen-bond donors (Lipinski definition) is 2. The molecule has 0 aliphatic rings. The number of rotatable bonds is 3.